The molecule has 0 unspecified atom stereocenters. The zero-order chi connectivity index (χ0) is 18.6. The number of nitrogens with one attached hydrogen (secondary N) is 2. The van der Waals surface area contributed by atoms with Crippen molar-refractivity contribution in [3.05, 3.63) is 29.8 Å². The van der Waals surface area contributed by atoms with Gasteiger partial charge in [0.15, 0.2) is 0 Å². The Hall–Kier alpha value is -1.97. The van der Waals surface area contributed by atoms with Crippen molar-refractivity contribution in [2.24, 2.45) is 0 Å². The summed E-state index contributed by atoms with van der Waals surface area (Å²) in [4.78, 5) is 25.7. The fraction of sp³-hybridized carbons (Fsp3) is 0.529. The van der Waals surface area contributed by atoms with Crippen LogP contribution in [0.1, 0.15) is 23.2 Å². The van der Waals surface area contributed by atoms with Gasteiger partial charge >= 0.3 is 0 Å². The number of ether oxygens (including phenoxy) is 1. The number of morpholine rings is 1. The molecule has 0 atom stereocenters. The first-order valence-corrected chi connectivity index (χ1v) is 10.3. The molecule has 0 radical (unpaired) electrons. The summed E-state index contributed by atoms with van der Waals surface area (Å²) in [5, 5.41) is 2.79. The normalized spacial score (nSPS) is 19.4. The molecular weight excluding hydrogens is 358 g/mol. The average molecular weight is 382 g/mol. The summed E-state index contributed by atoms with van der Waals surface area (Å²) in [6.07, 6.45) is 0.816. The number of hydrogen-bond acceptors (Lipinski definition) is 5. The molecule has 8 nitrogen and oxygen atoms in total. The number of carbonyl (C=O) groups excluding carboxylic acids is 2. The quantitative estimate of drug-likeness (QED) is 0.568. The maximum Gasteiger partial charge on any atom is 0.269 e. The van der Waals surface area contributed by atoms with Crippen LogP contribution in [0.5, 0.6) is 0 Å². The molecule has 2 heterocycles. The predicted octanol–water partition coefficient (Wildman–Crippen LogP) is -1.36. The highest BCUT2D eigenvalue weighted by Gasteiger charge is 2.40. The third-order valence-corrected chi connectivity index (χ3v) is 6.52. The van der Waals surface area contributed by atoms with Crippen LogP contribution in [0, 0.1) is 0 Å². The maximum absolute atomic E-state index is 12.4. The van der Waals surface area contributed by atoms with Gasteiger partial charge in [-0.3, -0.25) is 9.59 Å². The van der Waals surface area contributed by atoms with E-state index < -0.39 is 15.9 Å². The molecule has 3 rings (SSSR count). The minimum absolute atomic E-state index is 0.0129. The standard InChI is InChI=1S/C17H23N3O5S/c21-16(18-7-3-8-19-10-12-25-13-11-19)6-9-20-17(22)14-4-1-2-5-15(14)26(20,23)24/h1-2,4-5H,3,6-13H2,(H,18,21)/p+1. The Bertz CT molecular complexity index is 774. The molecule has 2 N–H and O–H groups in total. The van der Waals surface area contributed by atoms with Crippen LogP contribution in [0.3, 0.4) is 0 Å². The third kappa shape index (κ3) is 4.05. The van der Waals surface area contributed by atoms with Crippen LogP contribution >= 0.6 is 0 Å². The highest BCUT2D eigenvalue weighted by molar-refractivity contribution is 7.90. The fourth-order valence-corrected chi connectivity index (χ4v) is 4.79. The van der Waals surface area contributed by atoms with Gasteiger partial charge in [0.2, 0.25) is 5.91 Å². The van der Waals surface area contributed by atoms with Gasteiger partial charge in [-0.2, -0.15) is 0 Å². The number of hydrogen-bond donors (Lipinski definition) is 2. The lowest BCUT2D eigenvalue weighted by Gasteiger charge is -2.23. The molecule has 9 heteroatoms. The Balaban J connectivity index is 1.43. The van der Waals surface area contributed by atoms with Crippen LogP contribution in [0.25, 0.3) is 0 Å². The number of rotatable bonds is 7. The Labute approximate surface area is 153 Å². The van der Waals surface area contributed by atoms with Gasteiger partial charge in [0.05, 0.1) is 25.3 Å². The first-order valence-electron chi connectivity index (χ1n) is 8.84. The SMILES string of the molecule is O=C(CCN1C(=O)c2ccccc2S1(=O)=O)NCCC[NH+]1CCOCC1. The van der Waals surface area contributed by atoms with Gasteiger partial charge in [0.1, 0.15) is 18.0 Å². The smallest absolute Gasteiger partial charge is 0.269 e. The van der Waals surface area contributed by atoms with E-state index in [1.807, 2.05) is 0 Å². The summed E-state index contributed by atoms with van der Waals surface area (Å²) in [6.45, 7) is 4.91. The molecule has 142 valence electrons. The van der Waals surface area contributed by atoms with E-state index in [4.69, 9.17) is 4.74 Å². The lowest BCUT2D eigenvalue weighted by atomic mass is 10.2. The van der Waals surface area contributed by atoms with Crippen LogP contribution in [0.4, 0.5) is 0 Å². The van der Waals surface area contributed by atoms with Gasteiger partial charge in [-0.15, -0.1) is 0 Å². The Morgan fingerprint density at radius 1 is 1.23 bits per heavy atom. The van der Waals surface area contributed by atoms with Crippen molar-refractivity contribution in [2.75, 3.05) is 45.9 Å². The van der Waals surface area contributed by atoms with E-state index >= 15 is 0 Å². The lowest BCUT2D eigenvalue weighted by Crippen LogP contribution is -3.14. The molecule has 0 aliphatic carbocycles. The number of sulfonamides is 1. The summed E-state index contributed by atoms with van der Waals surface area (Å²) >= 11 is 0. The molecule has 1 fully saturated rings. The van der Waals surface area contributed by atoms with E-state index in [1.165, 1.54) is 17.0 Å². The number of carbonyl (C=O) groups is 2. The Morgan fingerprint density at radius 2 is 1.96 bits per heavy atom. The van der Waals surface area contributed by atoms with E-state index in [2.05, 4.69) is 5.32 Å². The van der Waals surface area contributed by atoms with Crippen molar-refractivity contribution in [2.45, 2.75) is 17.7 Å². The second-order valence-electron chi connectivity index (χ2n) is 6.44. The summed E-state index contributed by atoms with van der Waals surface area (Å²) in [5.41, 5.74) is 0.168. The van der Waals surface area contributed by atoms with E-state index in [1.54, 1.807) is 12.1 Å². The van der Waals surface area contributed by atoms with E-state index in [-0.39, 0.29) is 29.3 Å². The van der Waals surface area contributed by atoms with Crippen LogP contribution in [0.2, 0.25) is 0 Å². The van der Waals surface area contributed by atoms with Gasteiger partial charge in [-0.1, -0.05) is 12.1 Å². The summed E-state index contributed by atoms with van der Waals surface area (Å²) in [6, 6.07) is 6.11. The number of quaternary nitrogens is 1. The number of nitrogens with zero attached hydrogens (tertiary/aromatic N) is 1. The largest absolute Gasteiger partial charge is 0.370 e. The van der Waals surface area contributed by atoms with Crippen molar-refractivity contribution in [1.82, 2.24) is 9.62 Å². The zero-order valence-electron chi connectivity index (χ0n) is 14.6. The van der Waals surface area contributed by atoms with Crippen LogP contribution < -0.4 is 10.2 Å². The van der Waals surface area contributed by atoms with Gasteiger partial charge in [-0.05, 0) is 12.1 Å². The Kier molecular flexibility index (Phi) is 5.90. The van der Waals surface area contributed by atoms with Gasteiger partial charge in [0.25, 0.3) is 15.9 Å². The number of fused-ring (bicyclic) bond motifs is 1. The first kappa shape index (κ1) is 18.8. The topological polar surface area (TPSA) is 97.2 Å². The van der Waals surface area contributed by atoms with Gasteiger partial charge < -0.3 is 15.0 Å². The maximum atomic E-state index is 12.4. The minimum Gasteiger partial charge on any atom is -0.370 e. The molecule has 2 amide bonds. The van der Waals surface area contributed by atoms with Crippen molar-refractivity contribution in [3.63, 3.8) is 0 Å². The molecule has 0 saturated carbocycles. The molecule has 0 bridgehead atoms. The van der Waals surface area contributed by atoms with Crippen molar-refractivity contribution in [3.8, 4) is 0 Å². The average Bonchev–Trinajstić information content (AvgIpc) is 2.84. The molecular formula is C17H24N3O5S+. The van der Waals surface area contributed by atoms with E-state index in [9.17, 15) is 18.0 Å². The zero-order valence-corrected chi connectivity index (χ0v) is 15.4. The molecule has 2 aliphatic heterocycles. The molecule has 26 heavy (non-hydrogen) atoms. The van der Waals surface area contributed by atoms with Crippen molar-refractivity contribution < 1.29 is 27.6 Å². The molecule has 0 aromatic heterocycles. The van der Waals surface area contributed by atoms with Crippen molar-refractivity contribution >= 4 is 21.8 Å². The van der Waals surface area contributed by atoms with Crippen LogP contribution in [-0.4, -0.2) is 70.5 Å². The highest BCUT2D eigenvalue weighted by Crippen LogP contribution is 2.29. The van der Waals surface area contributed by atoms with Gasteiger partial charge in [0, 0.05) is 25.9 Å². The summed E-state index contributed by atoms with van der Waals surface area (Å²) in [5.74, 6) is -0.815. The predicted molar refractivity (Wildman–Crippen MR) is 93.3 cm³/mol. The number of benzene rings is 1. The second kappa shape index (κ2) is 8.15. The summed E-state index contributed by atoms with van der Waals surface area (Å²) in [7, 11) is -3.84. The monoisotopic (exact) mass is 382 g/mol. The van der Waals surface area contributed by atoms with Crippen molar-refractivity contribution in [1.29, 1.82) is 0 Å². The molecule has 0 spiro atoms. The summed E-state index contributed by atoms with van der Waals surface area (Å²) < 4.78 is 30.9. The fourth-order valence-electron chi connectivity index (χ4n) is 3.22. The minimum atomic E-state index is -3.84. The lowest BCUT2D eigenvalue weighted by molar-refractivity contribution is -0.908. The number of amides is 2. The highest BCUT2D eigenvalue weighted by atomic mass is 32.2. The first-order chi connectivity index (χ1) is 12.5. The molecule has 1 aromatic rings. The van der Waals surface area contributed by atoms with Crippen LogP contribution in [-0.2, 0) is 19.6 Å². The van der Waals surface area contributed by atoms with E-state index in [0.29, 0.717) is 6.54 Å². The third-order valence-electron chi connectivity index (χ3n) is 4.68. The molecule has 1 aromatic carbocycles. The second-order valence-corrected chi connectivity index (χ2v) is 8.28. The van der Waals surface area contributed by atoms with E-state index in [0.717, 1.165) is 43.6 Å². The Morgan fingerprint density at radius 3 is 2.69 bits per heavy atom. The van der Waals surface area contributed by atoms with Gasteiger partial charge in [-0.25, -0.2) is 12.7 Å². The molecule has 1 saturated heterocycles. The van der Waals surface area contributed by atoms with Crippen LogP contribution in [0.15, 0.2) is 29.2 Å². The molecule has 2 aliphatic rings.